The predicted octanol–water partition coefficient (Wildman–Crippen LogP) is 3.62. The third-order valence-electron chi connectivity index (χ3n) is 3.31. The molecule has 1 aromatic carbocycles. The highest BCUT2D eigenvalue weighted by Gasteiger charge is 2.21. The van der Waals surface area contributed by atoms with Crippen LogP contribution in [0.1, 0.15) is 39.3 Å². The molecule has 1 N–H and O–H groups in total. The molecular formula is C17H28N2. The van der Waals surface area contributed by atoms with Gasteiger partial charge in [0, 0.05) is 31.2 Å². The minimum Gasteiger partial charge on any atom is -0.313 e. The number of nitrogens with zero attached hydrogens (tertiary/aromatic N) is 1. The van der Waals surface area contributed by atoms with Gasteiger partial charge in [0.05, 0.1) is 0 Å². The fourth-order valence-electron chi connectivity index (χ4n) is 2.30. The monoisotopic (exact) mass is 260 g/mol. The molecule has 1 aromatic rings. The van der Waals surface area contributed by atoms with Crippen LogP contribution in [0.15, 0.2) is 43.0 Å². The molecule has 0 heterocycles. The van der Waals surface area contributed by atoms with Gasteiger partial charge in [0.25, 0.3) is 0 Å². The van der Waals surface area contributed by atoms with Crippen molar-refractivity contribution >= 4 is 0 Å². The van der Waals surface area contributed by atoms with E-state index in [4.69, 9.17) is 0 Å². The Bertz CT molecular complexity index is 357. The molecule has 1 unspecified atom stereocenters. The van der Waals surface area contributed by atoms with E-state index in [0.29, 0.717) is 18.1 Å². The number of nitrogens with one attached hydrogen (secondary N) is 1. The molecule has 2 heteroatoms. The highest BCUT2D eigenvalue weighted by Crippen LogP contribution is 2.22. The van der Waals surface area contributed by atoms with Crippen LogP contribution in [0, 0.1) is 0 Å². The van der Waals surface area contributed by atoms with Crippen molar-refractivity contribution < 1.29 is 0 Å². The third kappa shape index (κ3) is 5.17. The van der Waals surface area contributed by atoms with Crippen molar-refractivity contribution in [3.63, 3.8) is 0 Å². The Morgan fingerprint density at radius 3 is 2.26 bits per heavy atom. The van der Waals surface area contributed by atoms with Crippen molar-refractivity contribution in [1.29, 1.82) is 0 Å². The van der Waals surface area contributed by atoms with Gasteiger partial charge in [-0.1, -0.05) is 50.3 Å². The van der Waals surface area contributed by atoms with Crippen LogP contribution >= 0.6 is 0 Å². The van der Waals surface area contributed by atoms with Crippen molar-refractivity contribution in [1.82, 2.24) is 10.2 Å². The van der Waals surface area contributed by atoms with Crippen molar-refractivity contribution in [2.24, 2.45) is 0 Å². The lowest BCUT2D eigenvalue weighted by molar-refractivity contribution is 0.167. The lowest BCUT2D eigenvalue weighted by atomic mass is 10.0. The zero-order chi connectivity index (χ0) is 14.3. The van der Waals surface area contributed by atoms with E-state index in [1.54, 1.807) is 0 Å². The maximum Gasteiger partial charge on any atom is 0.0478 e. The van der Waals surface area contributed by atoms with Crippen LogP contribution in [-0.2, 0) is 0 Å². The van der Waals surface area contributed by atoms with Crippen LogP contribution in [-0.4, -0.2) is 30.1 Å². The molecule has 1 rings (SSSR count). The Labute approximate surface area is 118 Å². The number of benzene rings is 1. The molecule has 0 saturated heterocycles. The van der Waals surface area contributed by atoms with Crippen LogP contribution in [0.2, 0.25) is 0 Å². The average Bonchev–Trinajstić information content (AvgIpc) is 2.38. The quantitative estimate of drug-likeness (QED) is 0.718. The molecule has 19 heavy (non-hydrogen) atoms. The van der Waals surface area contributed by atoms with Gasteiger partial charge in [-0.25, -0.2) is 0 Å². The first-order chi connectivity index (χ1) is 9.06. The largest absolute Gasteiger partial charge is 0.313 e. The van der Waals surface area contributed by atoms with E-state index >= 15 is 0 Å². The van der Waals surface area contributed by atoms with Crippen LogP contribution in [0.25, 0.3) is 0 Å². The molecule has 0 aromatic heterocycles. The summed E-state index contributed by atoms with van der Waals surface area (Å²) in [6.07, 6.45) is 1.99. The van der Waals surface area contributed by atoms with E-state index in [1.807, 2.05) is 6.08 Å². The summed E-state index contributed by atoms with van der Waals surface area (Å²) in [7, 11) is 0. The summed E-state index contributed by atoms with van der Waals surface area (Å²) in [6.45, 7) is 14.6. The molecule has 0 radical (unpaired) electrons. The summed E-state index contributed by atoms with van der Waals surface area (Å²) in [5.74, 6) is 0. The molecule has 1 atom stereocenters. The van der Waals surface area contributed by atoms with Gasteiger partial charge in [-0.2, -0.15) is 0 Å². The van der Waals surface area contributed by atoms with Gasteiger partial charge in [0.15, 0.2) is 0 Å². The number of hydrogen-bond donors (Lipinski definition) is 1. The summed E-state index contributed by atoms with van der Waals surface area (Å²) in [5.41, 5.74) is 1.37. The Morgan fingerprint density at radius 1 is 1.16 bits per heavy atom. The van der Waals surface area contributed by atoms with Gasteiger partial charge in [0.1, 0.15) is 0 Å². The van der Waals surface area contributed by atoms with E-state index < -0.39 is 0 Å². The fraction of sp³-hybridized carbons (Fsp3) is 0.529. The van der Waals surface area contributed by atoms with Crippen molar-refractivity contribution in [2.45, 2.75) is 45.8 Å². The second-order valence-electron chi connectivity index (χ2n) is 5.57. The van der Waals surface area contributed by atoms with E-state index in [2.05, 4.69) is 74.8 Å². The number of hydrogen-bond acceptors (Lipinski definition) is 2. The van der Waals surface area contributed by atoms with Gasteiger partial charge < -0.3 is 5.32 Å². The smallest absolute Gasteiger partial charge is 0.0478 e. The standard InChI is InChI=1S/C17H28N2/c1-6-12-19(15(4)5)17(13-18-14(2)3)16-10-8-7-9-11-16/h6-11,14-15,17-18H,1,12-13H2,2-5H3. The molecule has 0 aliphatic heterocycles. The van der Waals surface area contributed by atoms with Crippen LogP contribution in [0.4, 0.5) is 0 Å². The molecular weight excluding hydrogens is 232 g/mol. The highest BCUT2D eigenvalue weighted by molar-refractivity contribution is 5.20. The summed E-state index contributed by atoms with van der Waals surface area (Å²) in [5, 5.41) is 3.56. The van der Waals surface area contributed by atoms with E-state index in [0.717, 1.165) is 13.1 Å². The zero-order valence-corrected chi connectivity index (χ0v) is 12.8. The van der Waals surface area contributed by atoms with Crippen molar-refractivity contribution in [3.05, 3.63) is 48.6 Å². The molecule has 0 bridgehead atoms. The zero-order valence-electron chi connectivity index (χ0n) is 12.8. The average molecular weight is 260 g/mol. The third-order valence-corrected chi connectivity index (χ3v) is 3.31. The maximum atomic E-state index is 3.89. The highest BCUT2D eigenvalue weighted by atomic mass is 15.2. The SMILES string of the molecule is C=CCN(C(C)C)C(CNC(C)C)c1ccccc1. The lowest BCUT2D eigenvalue weighted by Crippen LogP contribution is -2.41. The summed E-state index contributed by atoms with van der Waals surface area (Å²) in [6, 6.07) is 12.1. The van der Waals surface area contributed by atoms with Gasteiger partial charge in [-0.3, -0.25) is 4.90 Å². The molecule has 0 fully saturated rings. The normalized spacial score (nSPS) is 13.2. The van der Waals surface area contributed by atoms with Gasteiger partial charge in [0.2, 0.25) is 0 Å². The van der Waals surface area contributed by atoms with Crippen molar-refractivity contribution in [2.75, 3.05) is 13.1 Å². The fourth-order valence-corrected chi connectivity index (χ4v) is 2.30. The lowest BCUT2D eigenvalue weighted by Gasteiger charge is -2.35. The first-order valence-electron chi connectivity index (χ1n) is 7.21. The Morgan fingerprint density at radius 2 is 1.79 bits per heavy atom. The van der Waals surface area contributed by atoms with Gasteiger partial charge >= 0.3 is 0 Å². The van der Waals surface area contributed by atoms with E-state index in [1.165, 1.54) is 5.56 Å². The molecule has 106 valence electrons. The molecule has 0 amide bonds. The van der Waals surface area contributed by atoms with E-state index in [9.17, 15) is 0 Å². The minimum absolute atomic E-state index is 0.390. The molecule has 0 aliphatic carbocycles. The number of rotatable bonds is 8. The van der Waals surface area contributed by atoms with Gasteiger partial charge in [-0.15, -0.1) is 6.58 Å². The second kappa shape index (κ2) is 8.13. The van der Waals surface area contributed by atoms with E-state index in [-0.39, 0.29) is 0 Å². The maximum absolute atomic E-state index is 3.89. The first kappa shape index (κ1) is 15.9. The first-order valence-corrected chi connectivity index (χ1v) is 7.21. The summed E-state index contributed by atoms with van der Waals surface area (Å²) >= 11 is 0. The molecule has 0 aliphatic rings. The molecule has 0 saturated carbocycles. The topological polar surface area (TPSA) is 15.3 Å². The van der Waals surface area contributed by atoms with Crippen LogP contribution in [0.3, 0.4) is 0 Å². The minimum atomic E-state index is 0.390. The Hall–Kier alpha value is -1.12. The Kier molecular flexibility index (Phi) is 6.82. The molecule has 2 nitrogen and oxygen atoms in total. The van der Waals surface area contributed by atoms with Crippen molar-refractivity contribution in [3.8, 4) is 0 Å². The summed E-state index contributed by atoms with van der Waals surface area (Å²) in [4.78, 5) is 2.48. The predicted molar refractivity (Wildman–Crippen MR) is 84.4 cm³/mol. The summed E-state index contributed by atoms with van der Waals surface area (Å²) < 4.78 is 0. The molecule has 0 spiro atoms. The van der Waals surface area contributed by atoms with Gasteiger partial charge in [-0.05, 0) is 19.4 Å². The van der Waals surface area contributed by atoms with Crippen LogP contribution < -0.4 is 5.32 Å². The van der Waals surface area contributed by atoms with Crippen LogP contribution in [0.5, 0.6) is 0 Å². The Balaban J connectivity index is 2.92. The second-order valence-corrected chi connectivity index (χ2v) is 5.57.